The molecular weight excluding hydrogens is 155 g/mol. The molecule has 1 heterocycles. The predicted octanol–water partition coefficient (Wildman–Crippen LogP) is 2.34. The molecule has 0 saturated heterocycles. The number of hydrogen-bond acceptors (Lipinski definition) is 1. The van der Waals surface area contributed by atoms with E-state index in [-0.39, 0.29) is 5.70 Å². The van der Waals surface area contributed by atoms with Gasteiger partial charge in [0.25, 0.3) is 0 Å². The van der Waals surface area contributed by atoms with Gasteiger partial charge in [-0.3, -0.25) is 4.99 Å². The second kappa shape index (κ2) is 2.09. The van der Waals surface area contributed by atoms with E-state index in [1.165, 1.54) is 13.8 Å². The normalized spacial score (nSPS) is 22.1. The minimum atomic E-state index is -3.07. The van der Waals surface area contributed by atoms with Crippen LogP contribution in [0.15, 0.2) is 16.8 Å². The molecule has 1 aliphatic heterocycles. The van der Waals surface area contributed by atoms with Crippen LogP contribution >= 0.6 is 0 Å². The molecule has 11 heavy (non-hydrogen) atoms. The first-order chi connectivity index (χ1) is 4.81. The summed E-state index contributed by atoms with van der Waals surface area (Å²) in [6.45, 7) is 2.38. The van der Waals surface area contributed by atoms with Gasteiger partial charge in [-0.2, -0.15) is 8.78 Å². The van der Waals surface area contributed by atoms with E-state index in [2.05, 4.69) is 4.99 Å². The van der Waals surface area contributed by atoms with Crippen molar-refractivity contribution in [1.82, 2.24) is 0 Å². The molecule has 0 atom stereocenters. The van der Waals surface area contributed by atoms with Gasteiger partial charge < -0.3 is 0 Å². The van der Waals surface area contributed by atoms with Crippen molar-refractivity contribution in [2.75, 3.05) is 0 Å². The number of hydrogen-bond donors (Lipinski definition) is 0. The highest BCUT2D eigenvalue weighted by Crippen LogP contribution is 2.30. The van der Waals surface area contributed by atoms with Crippen LogP contribution in [0.4, 0.5) is 13.2 Å². The minimum absolute atomic E-state index is 0.206. The molecule has 0 amide bonds. The fraction of sp³-hybridized carbons (Fsp3) is 0.571. The van der Waals surface area contributed by atoms with E-state index in [1.54, 1.807) is 0 Å². The Kier molecular flexibility index (Phi) is 1.58. The number of allylic oxidation sites excluding steroid dienone is 2. The summed E-state index contributed by atoms with van der Waals surface area (Å²) < 4.78 is 37.6. The maximum absolute atomic E-state index is 12.9. The summed E-state index contributed by atoms with van der Waals surface area (Å²) in [7, 11) is 0. The molecule has 1 rings (SSSR count). The van der Waals surface area contributed by atoms with Crippen LogP contribution in [-0.4, -0.2) is 17.8 Å². The molecule has 0 unspecified atom stereocenters. The first-order valence-electron chi connectivity index (χ1n) is 3.16. The average molecular weight is 163 g/mol. The highest BCUT2D eigenvalue weighted by molar-refractivity contribution is 5.74. The van der Waals surface area contributed by atoms with Crippen molar-refractivity contribution in [3.63, 3.8) is 0 Å². The van der Waals surface area contributed by atoms with Gasteiger partial charge >= 0.3 is 5.92 Å². The molecule has 4 heteroatoms. The maximum Gasteiger partial charge on any atom is 0.303 e. The lowest BCUT2D eigenvalue weighted by molar-refractivity contribution is 0.141. The van der Waals surface area contributed by atoms with Crippen molar-refractivity contribution in [2.45, 2.75) is 25.4 Å². The highest BCUT2D eigenvalue weighted by atomic mass is 19.3. The number of rotatable bonds is 1. The molecule has 0 bridgehead atoms. The van der Waals surface area contributed by atoms with Gasteiger partial charge in [0.15, 0.2) is 0 Å². The third-order valence-corrected chi connectivity index (χ3v) is 1.31. The Morgan fingerprint density at radius 2 is 2.00 bits per heavy atom. The Labute approximate surface area is 62.6 Å². The topological polar surface area (TPSA) is 12.4 Å². The summed E-state index contributed by atoms with van der Waals surface area (Å²) in [5, 5.41) is 0. The van der Waals surface area contributed by atoms with Crippen molar-refractivity contribution in [1.29, 1.82) is 0 Å². The molecule has 0 radical (unpaired) electrons. The third-order valence-electron chi connectivity index (χ3n) is 1.31. The predicted molar refractivity (Wildman–Crippen MR) is 36.7 cm³/mol. The lowest BCUT2D eigenvalue weighted by Gasteiger charge is -2.11. The lowest BCUT2D eigenvalue weighted by Crippen LogP contribution is -2.15. The summed E-state index contributed by atoms with van der Waals surface area (Å²) in [4.78, 5) is 3.27. The van der Waals surface area contributed by atoms with Crippen molar-refractivity contribution < 1.29 is 13.2 Å². The van der Waals surface area contributed by atoms with Gasteiger partial charge in [-0.15, -0.1) is 0 Å². The summed E-state index contributed by atoms with van der Waals surface area (Å²) in [6, 6.07) is 0. The van der Waals surface area contributed by atoms with Crippen molar-refractivity contribution >= 4 is 6.21 Å². The third kappa shape index (κ3) is 1.82. The van der Waals surface area contributed by atoms with E-state index in [9.17, 15) is 13.2 Å². The van der Waals surface area contributed by atoms with Crippen LogP contribution in [0.5, 0.6) is 0 Å². The SMILES string of the molecule is CC(C)(F)C1=CC(F)(F)C=N1. The molecule has 0 saturated carbocycles. The van der Waals surface area contributed by atoms with Crippen molar-refractivity contribution in [3.05, 3.63) is 11.8 Å². The van der Waals surface area contributed by atoms with Gasteiger partial charge in [0, 0.05) is 6.08 Å². The highest BCUT2D eigenvalue weighted by Gasteiger charge is 2.34. The molecule has 1 aliphatic rings. The smallest absolute Gasteiger partial charge is 0.256 e. The second-order valence-electron chi connectivity index (χ2n) is 2.93. The van der Waals surface area contributed by atoms with Crippen LogP contribution in [0.2, 0.25) is 0 Å². The molecule has 0 spiro atoms. The zero-order valence-electron chi connectivity index (χ0n) is 6.24. The minimum Gasteiger partial charge on any atom is -0.256 e. The molecule has 0 aromatic heterocycles. The first kappa shape index (κ1) is 8.30. The quantitative estimate of drug-likeness (QED) is 0.562. The van der Waals surface area contributed by atoms with Gasteiger partial charge in [-0.25, -0.2) is 4.39 Å². The Hall–Kier alpha value is -0.800. The number of halogens is 3. The van der Waals surface area contributed by atoms with E-state index < -0.39 is 11.6 Å². The van der Waals surface area contributed by atoms with Crippen LogP contribution in [-0.2, 0) is 0 Å². The molecule has 0 aromatic carbocycles. The van der Waals surface area contributed by atoms with Crippen LogP contribution in [0, 0.1) is 0 Å². The summed E-state index contributed by atoms with van der Waals surface area (Å²) >= 11 is 0. The van der Waals surface area contributed by atoms with Gasteiger partial charge in [-0.1, -0.05) is 0 Å². The zero-order valence-corrected chi connectivity index (χ0v) is 6.24. The molecule has 0 fully saturated rings. The summed E-state index contributed by atoms with van der Waals surface area (Å²) in [5.74, 6) is -3.07. The van der Waals surface area contributed by atoms with E-state index in [0.717, 1.165) is 0 Å². The largest absolute Gasteiger partial charge is 0.303 e. The molecule has 0 aromatic rings. The number of alkyl halides is 3. The molecule has 0 N–H and O–H groups in total. The van der Waals surface area contributed by atoms with Crippen molar-refractivity contribution in [2.24, 2.45) is 4.99 Å². The number of aliphatic imine (C=N–C) groups is 1. The van der Waals surface area contributed by atoms with Crippen molar-refractivity contribution in [3.8, 4) is 0 Å². The summed E-state index contributed by atoms with van der Waals surface area (Å²) in [5.41, 5.74) is -1.99. The Bertz CT molecular complexity index is 222. The van der Waals surface area contributed by atoms with E-state index in [0.29, 0.717) is 12.3 Å². The average Bonchev–Trinajstić information content (AvgIpc) is 2.07. The lowest BCUT2D eigenvalue weighted by atomic mass is 10.1. The zero-order chi connectivity index (χ0) is 8.70. The monoisotopic (exact) mass is 163 g/mol. The van der Waals surface area contributed by atoms with Crippen LogP contribution in [0.1, 0.15) is 13.8 Å². The molecular formula is C7H8F3N. The first-order valence-corrected chi connectivity index (χ1v) is 3.16. The standard InChI is InChI=1S/C7H8F3N/c1-6(2,8)5-3-7(9,10)4-11-5/h3-4H,1-2H3. The van der Waals surface area contributed by atoms with E-state index in [4.69, 9.17) is 0 Å². The van der Waals surface area contributed by atoms with E-state index >= 15 is 0 Å². The van der Waals surface area contributed by atoms with Gasteiger partial charge in [0.1, 0.15) is 5.67 Å². The van der Waals surface area contributed by atoms with Gasteiger partial charge in [-0.05, 0) is 13.8 Å². The van der Waals surface area contributed by atoms with Crippen LogP contribution < -0.4 is 0 Å². The fourth-order valence-corrected chi connectivity index (χ4v) is 0.738. The Balaban J connectivity index is 2.89. The van der Waals surface area contributed by atoms with Gasteiger partial charge in [0.2, 0.25) is 0 Å². The number of nitrogens with zero attached hydrogens (tertiary/aromatic N) is 1. The Morgan fingerprint density at radius 1 is 1.45 bits per heavy atom. The molecule has 0 aliphatic carbocycles. The van der Waals surface area contributed by atoms with Crippen LogP contribution in [0.3, 0.4) is 0 Å². The fourth-order valence-electron chi connectivity index (χ4n) is 0.738. The molecule has 62 valence electrons. The van der Waals surface area contributed by atoms with E-state index in [1.807, 2.05) is 0 Å². The maximum atomic E-state index is 12.9. The summed E-state index contributed by atoms with van der Waals surface area (Å²) in [6.07, 6.45) is 0.983. The second-order valence-corrected chi connectivity index (χ2v) is 2.93. The van der Waals surface area contributed by atoms with Crippen LogP contribution in [0.25, 0.3) is 0 Å². The Morgan fingerprint density at radius 3 is 2.18 bits per heavy atom. The molecule has 1 nitrogen and oxygen atoms in total. The van der Waals surface area contributed by atoms with Gasteiger partial charge in [0.05, 0.1) is 11.9 Å².